The van der Waals surface area contributed by atoms with Gasteiger partial charge in [0.2, 0.25) is 5.91 Å². The Bertz CT molecular complexity index is 697. The van der Waals surface area contributed by atoms with Gasteiger partial charge in [0.15, 0.2) is 6.61 Å². The monoisotopic (exact) mass is 325 g/mol. The summed E-state index contributed by atoms with van der Waals surface area (Å²) in [5.74, 6) is -0.131. The second-order valence-corrected chi connectivity index (χ2v) is 5.10. The molecule has 24 heavy (non-hydrogen) atoms. The third kappa shape index (κ3) is 6.31. The van der Waals surface area contributed by atoms with Gasteiger partial charge < -0.3 is 10.5 Å². The number of amides is 2. The quantitative estimate of drug-likeness (QED) is 0.570. The van der Waals surface area contributed by atoms with Crippen LogP contribution in [0, 0.1) is 0 Å². The zero-order chi connectivity index (χ0) is 17.2. The molecule has 0 saturated heterocycles. The number of hydrogen-bond donors (Lipinski definition) is 2. The van der Waals surface area contributed by atoms with Gasteiger partial charge in [-0.3, -0.25) is 9.59 Å². The maximum Gasteiger partial charge on any atom is 0.255 e. The molecule has 0 aliphatic rings. The number of ether oxygens (including phenoxy) is 1. The van der Waals surface area contributed by atoms with Gasteiger partial charge in [-0.2, -0.15) is 5.10 Å². The predicted molar refractivity (Wildman–Crippen MR) is 91.6 cm³/mol. The molecule has 2 aromatic carbocycles. The molecular weight excluding hydrogens is 306 g/mol. The standard InChI is InChI=1S/C18H19N3O3/c19-17(22)13-24-16-9-6-15(7-10-16)12-20-21-18(23)11-8-14-4-2-1-3-5-14/h1-7,9-10,12H,8,11,13H2,(H2,19,22)(H,21,23)/b20-12-. The van der Waals surface area contributed by atoms with E-state index in [4.69, 9.17) is 10.5 Å². The fraction of sp³-hybridized carbons (Fsp3) is 0.167. The fourth-order valence-corrected chi connectivity index (χ4v) is 1.94. The maximum absolute atomic E-state index is 11.7. The SMILES string of the molecule is NC(=O)COc1ccc(/C=N\NC(=O)CCc2ccccc2)cc1. The Morgan fingerprint density at radius 1 is 1.08 bits per heavy atom. The summed E-state index contributed by atoms with van der Waals surface area (Å²) < 4.78 is 5.15. The molecule has 3 N–H and O–H groups in total. The van der Waals surface area contributed by atoms with Crippen molar-refractivity contribution >= 4 is 18.0 Å². The molecule has 6 nitrogen and oxygen atoms in total. The minimum Gasteiger partial charge on any atom is -0.484 e. The Hall–Kier alpha value is -3.15. The lowest BCUT2D eigenvalue weighted by Crippen LogP contribution is -2.20. The Kier molecular flexibility index (Phi) is 6.52. The second-order valence-electron chi connectivity index (χ2n) is 5.10. The lowest BCUT2D eigenvalue weighted by Gasteiger charge is -2.03. The number of carbonyl (C=O) groups is 2. The van der Waals surface area contributed by atoms with E-state index in [1.165, 1.54) is 6.21 Å². The van der Waals surface area contributed by atoms with Gasteiger partial charge in [-0.1, -0.05) is 30.3 Å². The van der Waals surface area contributed by atoms with E-state index in [9.17, 15) is 9.59 Å². The number of benzene rings is 2. The zero-order valence-corrected chi connectivity index (χ0v) is 13.1. The Morgan fingerprint density at radius 3 is 2.46 bits per heavy atom. The second kappa shape index (κ2) is 9.09. The van der Waals surface area contributed by atoms with Crippen LogP contribution in [0.5, 0.6) is 5.75 Å². The smallest absolute Gasteiger partial charge is 0.255 e. The molecule has 124 valence electrons. The molecule has 0 fully saturated rings. The first kappa shape index (κ1) is 17.2. The number of hydrazone groups is 1. The van der Waals surface area contributed by atoms with Crippen molar-refractivity contribution in [2.75, 3.05) is 6.61 Å². The summed E-state index contributed by atoms with van der Waals surface area (Å²) in [6.07, 6.45) is 2.59. The highest BCUT2D eigenvalue weighted by atomic mass is 16.5. The predicted octanol–water partition coefficient (Wildman–Crippen LogP) is 1.63. The minimum atomic E-state index is -0.529. The van der Waals surface area contributed by atoms with Crippen molar-refractivity contribution in [3.05, 3.63) is 65.7 Å². The summed E-state index contributed by atoms with van der Waals surface area (Å²) in [6.45, 7) is -0.162. The van der Waals surface area contributed by atoms with Crippen molar-refractivity contribution in [1.82, 2.24) is 5.43 Å². The highest BCUT2D eigenvalue weighted by Gasteiger charge is 2.00. The minimum absolute atomic E-state index is 0.142. The molecule has 0 aliphatic carbocycles. The lowest BCUT2D eigenvalue weighted by molar-refractivity contribution is -0.121. The summed E-state index contributed by atoms with van der Waals surface area (Å²) in [5, 5.41) is 3.92. The summed E-state index contributed by atoms with van der Waals surface area (Å²) >= 11 is 0. The Balaban J connectivity index is 1.74. The molecule has 0 radical (unpaired) electrons. The maximum atomic E-state index is 11.7. The van der Waals surface area contributed by atoms with E-state index in [-0.39, 0.29) is 12.5 Å². The number of hydrogen-bond acceptors (Lipinski definition) is 4. The van der Waals surface area contributed by atoms with Crippen LogP contribution in [0.4, 0.5) is 0 Å². The molecule has 2 amide bonds. The number of rotatable bonds is 8. The molecule has 0 aliphatic heterocycles. The Morgan fingerprint density at radius 2 is 1.79 bits per heavy atom. The molecular formula is C18H19N3O3. The number of nitrogens with zero attached hydrogens (tertiary/aromatic N) is 1. The first-order valence-electron chi connectivity index (χ1n) is 7.50. The lowest BCUT2D eigenvalue weighted by atomic mass is 10.1. The first-order chi connectivity index (χ1) is 11.6. The number of aryl methyl sites for hydroxylation is 1. The zero-order valence-electron chi connectivity index (χ0n) is 13.1. The van der Waals surface area contributed by atoms with Crippen LogP contribution in [0.3, 0.4) is 0 Å². The van der Waals surface area contributed by atoms with Crippen molar-refractivity contribution in [3.63, 3.8) is 0 Å². The van der Waals surface area contributed by atoms with E-state index < -0.39 is 5.91 Å². The highest BCUT2D eigenvalue weighted by Crippen LogP contribution is 2.10. The molecule has 6 heteroatoms. The van der Waals surface area contributed by atoms with Gasteiger partial charge in [0.05, 0.1) is 6.21 Å². The van der Waals surface area contributed by atoms with Crippen molar-refractivity contribution in [2.45, 2.75) is 12.8 Å². The average Bonchev–Trinajstić information content (AvgIpc) is 2.60. The Labute approximate surface area is 140 Å². The van der Waals surface area contributed by atoms with Gasteiger partial charge in [-0.15, -0.1) is 0 Å². The number of carbonyl (C=O) groups excluding carboxylic acids is 2. The van der Waals surface area contributed by atoms with Crippen molar-refractivity contribution in [1.29, 1.82) is 0 Å². The molecule has 0 atom stereocenters. The van der Waals surface area contributed by atoms with Crippen LogP contribution in [-0.4, -0.2) is 24.6 Å². The van der Waals surface area contributed by atoms with E-state index in [0.29, 0.717) is 18.6 Å². The van der Waals surface area contributed by atoms with Gasteiger partial charge in [0.1, 0.15) is 5.75 Å². The van der Waals surface area contributed by atoms with E-state index >= 15 is 0 Å². The van der Waals surface area contributed by atoms with Crippen molar-refractivity contribution < 1.29 is 14.3 Å². The molecule has 0 heterocycles. The summed E-state index contributed by atoms with van der Waals surface area (Å²) in [6, 6.07) is 16.7. The molecule has 0 aromatic heterocycles. The average molecular weight is 325 g/mol. The summed E-state index contributed by atoms with van der Waals surface area (Å²) in [7, 11) is 0. The van der Waals surface area contributed by atoms with Gasteiger partial charge in [-0.05, 0) is 41.8 Å². The number of nitrogens with two attached hydrogens (primary N) is 1. The summed E-state index contributed by atoms with van der Waals surface area (Å²) in [4.78, 5) is 22.3. The van der Waals surface area contributed by atoms with Crippen LogP contribution in [0.15, 0.2) is 59.7 Å². The largest absolute Gasteiger partial charge is 0.484 e. The molecule has 0 saturated carbocycles. The number of primary amides is 1. The van der Waals surface area contributed by atoms with E-state index in [2.05, 4.69) is 10.5 Å². The normalized spacial score (nSPS) is 10.5. The van der Waals surface area contributed by atoms with Crippen LogP contribution in [0.1, 0.15) is 17.5 Å². The van der Waals surface area contributed by atoms with Crippen LogP contribution < -0.4 is 15.9 Å². The van der Waals surface area contributed by atoms with Crippen LogP contribution in [0.25, 0.3) is 0 Å². The number of nitrogens with one attached hydrogen (secondary N) is 1. The fourth-order valence-electron chi connectivity index (χ4n) is 1.94. The van der Waals surface area contributed by atoms with Gasteiger partial charge in [0, 0.05) is 6.42 Å². The van der Waals surface area contributed by atoms with Gasteiger partial charge in [-0.25, -0.2) is 5.43 Å². The van der Waals surface area contributed by atoms with Crippen LogP contribution in [-0.2, 0) is 16.0 Å². The molecule has 0 unspecified atom stereocenters. The van der Waals surface area contributed by atoms with E-state index in [0.717, 1.165) is 11.1 Å². The van der Waals surface area contributed by atoms with Gasteiger partial charge >= 0.3 is 0 Å². The van der Waals surface area contributed by atoms with Crippen LogP contribution >= 0.6 is 0 Å². The third-order valence-corrected chi connectivity index (χ3v) is 3.15. The molecule has 2 aromatic rings. The van der Waals surface area contributed by atoms with E-state index in [1.54, 1.807) is 24.3 Å². The first-order valence-corrected chi connectivity index (χ1v) is 7.50. The molecule has 0 bridgehead atoms. The summed E-state index contributed by atoms with van der Waals surface area (Å²) in [5.41, 5.74) is 9.40. The topological polar surface area (TPSA) is 93.8 Å². The third-order valence-electron chi connectivity index (χ3n) is 3.15. The molecule has 0 spiro atoms. The van der Waals surface area contributed by atoms with Crippen molar-refractivity contribution in [3.8, 4) is 5.75 Å². The molecule has 2 rings (SSSR count). The van der Waals surface area contributed by atoms with Crippen molar-refractivity contribution in [2.24, 2.45) is 10.8 Å². The van der Waals surface area contributed by atoms with Crippen LogP contribution in [0.2, 0.25) is 0 Å². The highest BCUT2D eigenvalue weighted by molar-refractivity contribution is 5.82. The van der Waals surface area contributed by atoms with E-state index in [1.807, 2.05) is 30.3 Å². The van der Waals surface area contributed by atoms with Gasteiger partial charge in [0.25, 0.3) is 5.91 Å².